The normalized spacial score (nSPS) is 13.9. The number of aryl methyl sites for hydroxylation is 1. The van der Waals surface area contributed by atoms with Crippen LogP contribution < -0.4 is 16.2 Å². The second kappa shape index (κ2) is 8.81. The van der Waals surface area contributed by atoms with Crippen LogP contribution in [-0.4, -0.2) is 43.1 Å². The molecule has 1 saturated heterocycles. The first kappa shape index (κ1) is 19.8. The van der Waals surface area contributed by atoms with Gasteiger partial charge in [-0.2, -0.15) is 0 Å². The number of nitrogen functional groups attached to an aromatic ring is 1. The molecule has 3 N–H and O–H groups in total. The number of carbonyl (C=O) groups excluding carboxylic acids is 2. The fourth-order valence-electron chi connectivity index (χ4n) is 3.04. The second-order valence-electron chi connectivity index (χ2n) is 6.59. The van der Waals surface area contributed by atoms with Crippen LogP contribution in [0.3, 0.4) is 0 Å². The van der Waals surface area contributed by atoms with Crippen molar-refractivity contribution >= 4 is 17.6 Å². The highest BCUT2D eigenvalue weighted by atomic mass is 19.1. The van der Waals surface area contributed by atoms with Crippen LogP contribution >= 0.6 is 0 Å². The van der Waals surface area contributed by atoms with E-state index < -0.39 is 11.7 Å². The number of rotatable bonds is 4. The van der Waals surface area contributed by atoms with E-state index >= 15 is 0 Å². The van der Waals surface area contributed by atoms with E-state index in [1.165, 1.54) is 11.0 Å². The lowest BCUT2D eigenvalue weighted by molar-refractivity contribution is 0.0547. The van der Waals surface area contributed by atoms with Gasteiger partial charge in [-0.3, -0.25) is 15.1 Å². The average molecular weight is 386 g/mol. The van der Waals surface area contributed by atoms with Crippen LogP contribution in [0.1, 0.15) is 21.5 Å². The molecule has 7 nitrogen and oxygen atoms in total. The van der Waals surface area contributed by atoms with Gasteiger partial charge in [0.15, 0.2) is 0 Å². The van der Waals surface area contributed by atoms with Gasteiger partial charge in [0.2, 0.25) is 0 Å². The monoisotopic (exact) mass is 386 g/mol. The number of halogens is 1. The van der Waals surface area contributed by atoms with Crippen molar-refractivity contribution < 1.29 is 18.7 Å². The third-order valence-electron chi connectivity index (χ3n) is 4.59. The van der Waals surface area contributed by atoms with E-state index in [1.807, 2.05) is 0 Å². The molecule has 1 fully saturated rings. The van der Waals surface area contributed by atoms with Crippen molar-refractivity contribution in [1.82, 2.24) is 10.3 Å². The van der Waals surface area contributed by atoms with Gasteiger partial charge in [0, 0.05) is 18.7 Å². The Hall–Kier alpha value is -2.97. The summed E-state index contributed by atoms with van der Waals surface area (Å²) in [7, 11) is 0. The Bertz CT molecular complexity index is 851. The van der Waals surface area contributed by atoms with E-state index in [2.05, 4.69) is 5.43 Å². The molecule has 0 spiro atoms. The van der Waals surface area contributed by atoms with Gasteiger partial charge in [0.25, 0.3) is 5.91 Å². The topological polar surface area (TPSA) is 87.9 Å². The molecule has 0 unspecified atom stereocenters. The van der Waals surface area contributed by atoms with Crippen molar-refractivity contribution in [2.24, 2.45) is 5.84 Å². The Balaban J connectivity index is 1.89. The van der Waals surface area contributed by atoms with Crippen molar-refractivity contribution in [2.75, 3.05) is 31.2 Å². The van der Waals surface area contributed by atoms with Gasteiger partial charge in [-0.25, -0.2) is 15.0 Å². The molecule has 0 saturated carbocycles. The van der Waals surface area contributed by atoms with Crippen molar-refractivity contribution in [3.05, 3.63) is 65.0 Å². The van der Waals surface area contributed by atoms with Crippen LogP contribution in [0.5, 0.6) is 0 Å². The Labute approximate surface area is 162 Å². The highest BCUT2D eigenvalue weighted by Crippen LogP contribution is 2.24. The summed E-state index contributed by atoms with van der Waals surface area (Å²) in [5.74, 6) is 4.28. The first-order valence-electron chi connectivity index (χ1n) is 9.00. The predicted octanol–water partition coefficient (Wildman–Crippen LogP) is 2.20. The Morgan fingerprint density at radius 2 is 1.86 bits per heavy atom. The number of benzene rings is 2. The summed E-state index contributed by atoms with van der Waals surface area (Å²) >= 11 is 0. The number of urea groups is 1. The van der Waals surface area contributed by atoms with E-state index in [9.17, 15) is 14.0 Å². The van der Waals surface area contributed by atoms with Gasteiger partial charge in [-0.15, -0.1) is 0 Å². The summed E-state index contributed by atoms with van der Waals surface area (Å²) in [6.45, 7) is 3.79. The van der Waals surface area contributed by atoms with Crippen LogP contribution in [0.4, 0.5) is 14.9 Å². The van der Waals surface area contributed by atoms with E-state index in [0.717, 1.165) is 11.1 Å². The van der Waals surface area contributed by atoms with Crippen molar-refractivity contribution in [3.8, 4) is 0 Å². The molecule has 148 valence electrons. The van der Waals surface area contributed by atoms with Gasteiger partial charge in [-0.05, 0) is 42.3 Å². The Morgan fingerprint density at radius 3 is 2.46 bits per heavy atom. The molecule has 0 radical (unpaired) electrons. The maximum absolute atomic E-state index is 14.6. The maximum Gasteiger partial charge on any atom is 0.325 e. The zero-order valence-electron chi connectivity index (χ0n) is 15.7. The number of carbonyl (C=O) groups is 2. The molecule has 28 heavy (non-hydrogen) atoms. The zero-order valence-corrected chi connectivity index (χ0v) is 15.7. The Morgan fingerprint density at radius 1 is 1.18 bits per heavy atom. The largest absolute Gasteiger partial charge is 0.378 e. The number of anilines is 1. The quantitative estimate of drug-likeness (QED) is 0.479. The van der Waals surface area contributed by atoms with Gasteiger partial charge >= 0.3 is 6.03 Å². The molecule has 0 bridgehead atoms. The lowest BCUT2D eigenvalue weighted by atomic mass is 10.1. The highest BCUT2D eigenvalue weighted by Gasteiger charge is 2.26. The van der Waals surface area contributed by atoms with E-state index in [0.29, 0.717) is 31.9 Å². The minimum Gasteiger partial charge on any atom is -0.378 e. The van der Waals surface area contributed by atoms with Gasteiger partial charge < -0.3 is 9.64 Å². The standard InChI is InChI=1S/C20H23FN4O3/c1-14-2-7-18(17(21)12-14)25(20(27)24-8-10-28-11-9-24)13-15-3-5-16(6-4-15)19(26)23-22/h2-7,12H,8-11,13,22H2,1H3,(H,23,26). The lowest BCUT2D eigenvalue weighted by Gasteiger charge is -2.33. The van der Waals surface area contributed by atoms with Gasteiger partial charge in [0.1, 0.15) is 5.82 Å². The van der Waals surface area contributed by atoms with E-state index in [-0.39, 0.29) is 18.3 Å². The number of nitrogens with two attached hydrogens (primary N) is 1. The SMILES string of the molecule is Cc1ccc(N(Cc2ccc(C(=O)NN)cc2)C(=O)N2CCOCC2)c(F)c1. The zero-order chi connectivity index (χ0) is 20.1. The molecule has 2 aromatic carbocycles. The first-order chi connectivity index (χ1) is 13.5. The highest BCUT2D eigenvalue weighted by molar-refractivity contribution is 5.94. The second-order valence-corrected chi connectivity index (χ2v) is 6.59. The van der Waals surface area contributed by atoms with Gasteiger partial charge in [0.05, 0.1) is 25.4 Å². The predicted molar refractivity (Wildman–Crippen MR) is 103 cm³/mol. The molecule has 1 aliphatic heterocycles. The molecular formula is C20H23FN4O3. The fourth-order valence-corrected chi connectivity index (χ4v) is 3.04. The smallest absolute Gasteiger partial charge is 0.325 e. The van der Waals surface area contributed by atoms with Crippen molar-refractivity contribution in [1.29, 1.82) is 0 Å². The van der Waals surface area contributed by atoms with Crippen LogP contribution in [0.2, 0.25) is 0 Å². The molecular weight excluding hydrogens is 363 g/mol. The van der Waals surface area contributed by atoms with E-state index in [4.69, 9.17) is 10.6 Å². The lowest BCUT2D eigenvalue weighted by Crippen LogP contribution is -2.48. The third-order valence-corrected chi connectivity index (χ3v) is 4.59. The molecule has 8 heteroatoms. The summed E-state index contributed by atoms with van der Waals surface area (Å²) < 4.78 is 19.9. The summed E-state index contributed by atoms with van der Waals surface area (Å²) in [5.41, 5.74) is 4.22. The summed E-state index contributed by atoms with van der Waals surface area (Å²) in [4.78, 5) is 27.8. The number of ether oxygens (including phenoxy) is 1. The number of amides is 3. The molecule has 0 atom stereocenters. The number of nitrogens with one attached hydrogen (secondary N) is 1. The number of hydrogen-bond acceptors (Lipinski definition) is 4. The number of nitrogens with zero attached hydrogens (tertiary/aromatic N) is 2. The number of morpholine rings is 1. The minimum absolute atomic E-state index is 0.167. The number of hydrazine groups is 1. The van der Waals surface area contributed by atoms with Crippen LogP contribution in [0, 0.1) is 12.7 Å². The summed E-state index contributed by atoms with van der Waals surface area (Å²) in [5, 5.41) is 0. The minimum atomic E-state index is -0.458. The molecule has 1 aliphatic rings. The molecule has 1 heterocycles. The van der Waals surface area contributed by atoms with Crippen LogP contribution in [-0.2, 0) is 11.3 Å². The van der Waals surface area contributed by atoms with E-state index in [1.54, 1.807) is 48.2 Å². The van der Waals surface area contributed by atoms with Gasteiger partial charge in [-0.1, -0.05) is 18.2 Å². The molecule has 3 amide bonds. The van der Waals surface area contributed by atoms with Crippen molar-refractivity contribution in [2.45, 2.75) is 13.5 Å². The maximum atomic E-state index is 14.6. The molecule has 2 aromatic rings. The Kier molecular flexibility index (Phi) is 6.23. The van der Waals surface area contributed by atoms with Crippen molar-refractivity contribution in [3.63, 3.8) is 0 Å². The average Bonchev–Trinajstić information content (AvgIpc) is 2.72. The fraction of sp³-hybridized carbons (Fsp3) is 0.300. The van der Waals surface area contributed by atoms with Crippen LogP contribution in [0.25, 0.3) is 0 Å². The summed E-state index contributed by atoms with van der Waals surface area (Å²) in [6, 6.07) is 11.2. The molecule has 0 aliphatic carbocycles. The molecule has 3 rings (SSSR count). The third kappa shape index (κ3) is 4.47. The summed E-state index contributed by atoms with van der Waals surface area (Å²) in [6.07, 6.45) is 0. The first-order valence-corrected chi connectivity index (χ1v) is 9.00. The molecule has 0 aromatic heterocycles. The number of hydrogen-bond donors (Lipinski definition) is 2. The van der Waals surface area contributed by atoms with Crippen LogP contribution in [0.15, 0.2) is 42.5 Å².